The number of carboxylic acid groups (broad SMARTS) is 1. The van der Waals surface area contributed by atoms with Crippen LogP contribution in [0.3, 0.4) is 0 Å². The van der Waals surface area contributed by atoms with Crippen molar-refractivity contribution in [2.24, 2.45) is 5.92 Å². The van der Waals surface area contributed by atoms with Crippen LogP contribution in [-0.2, 0) is 4.79 Å². The molecule has 0 fully saturated rings. The Morgan fingerprint density at radius 3 is 2.22 bits per heavy atom. The summed E-state index contributed by atoms with van der Waals surface area (Å²) in [5.41, 5.74) is 0. The molecule has 0 aliphatic heterocycles. The number of alkyl halides is 2. The second kappa shape index (κ2) is 3.96. The van der Waals surface area contributed by atoms with Crippen LogP contribution in [-0.4, -0.2) is 15.9 Å². The molecule has 0 aromatic carbocycles. The van der Waals surface area contributed by atoms with E-state index < -0.39 is 10.8 Å². The van der Waals surface area contributed by atoms with E-state index in [4.69, 9.17) is 28.3 Å². The van der Waals surface area contributed by atoms with E-state index in [2.05, 4.69) is 0 Å². The van der Waals surface area contributed by atoms with Gasteiger partial charge in [-0.15, -0.1) is 23.2 Å². The Bertz CT molecular complexity index is 103. The van der Waals surface area contributed by atoms with Gasteiger partial charge in [0, 0.05) is 0 Å². The lowest BCUT2D eigenvalue weighted by Gasteiger charge is -2.06. The van der Waals surface area contributed by atoms with Gasteiger partial charge in [-0.05, 0) is 5.92 Å². The van der Waals surface area contributed by atoms with Crippen molar-refractivity contribution in [2.45, 2.75) is 18.2 Å². The first kappa shape index (κ1) is 9.05. The van der Waals surface area contributed by atoms with E-state index in [1.165, 1.54) is 0 Å². The average molecular weight is 171 g/mol. The van der Waals surface area contributed by atoms with E-state index in [9.17, 15) is 4.79 Å². The molecule has 0 rings (SSSR count). The summed E-state index contributed by atoms with van der Waals surface area (Å²) in [7, 11) is 0. The van der Waals surface area contributed by atoms with E-state index in [0.717, 1.165) is 0 Å². The lowest BCUT2D eigenvalue weighted by atomic mass is 10.1. The Morgan fingerprint density at radius 2 is 2.11 bits per heavy atom. The van der Waals surface area contributed by atoms with Crippen LogP contribution in [0.2, 0.25) is 0 Å². The Balaban J connectivity index is 3.50. The number of rotatable bonds is 3. The van der Waals surface area contributed by atoms with Gasteiger partial charge in [-0.1, -0.05) is 6.92 Å². The molecule has 0 spiro atoms. The summed E-state index contributed by atoms with van der Waals surface area (Å²) in [6.07, 6.45) is 0.0255. The van der Waals surface area contributed by atoms with Crippen molar-refractivity contribution in [2.75, 3.05) is 0 Å². The van der Waals surface area contributed by atoms with Gasteiger partial charge in [0.25, 0.3) is 0 Å². The highest BCUT2D eigenvalue weighted by atomic mass is 35.5. The molecule has 0 aromatic heterocycles. The Kier molecular flexibility index (Phi) is 3.98. The zero-order valence-electron chi connectivity index (χ0n) is 4.97. The summed E-state index contributed by atoms with van der Waals surface area (Å²) in [5, 5.41) is 8.22. The van der Waals surface area contributed by atoms with Crippen molar-refractivity contribution in [1.29, 1.82) is 0 Å². The number of carboxylic acids is 1. The molecule has 1 atom stereocenters. The smallest absolute Gasteiger partial charge is 0.303 e. The summed E-state index contributed by atoms with van der Waals surface area (Å²) in [4.78, 5) is 9.41. The fourth-order valence-electron chi connectivity index (χ4n) is 0.365. The van der Waals surface area contributed by atoms with Gasteiger partial charge >= 0.3 is 5.97 Å². The lowest BCUT2D eigenvalue weighted by Crippen LogP contribution is -2.10. The van der Waals surface area contributed by atoms with Crippen LogP contribution in [0.15, 0.2) is 0 Å². The van der Waals surface area contributed by atoms with Crippen molar-refractivity contribution < 1.29 is 9.90 Å². The topological polar surface area (TPSA) is 37.3 Å². The van der Waals surface area contributed by atoms with Crippen LogP contribution in [0.25, 0.3) is 0 Å². The van der Waals surface area contributed by atoms with Gasteiger partial charge in [-0.25, -0.2) is 0 Å². The van der Waals surface area contributed by atoms with E-state index in [1.807, 2.05) is 0 Å². The Labute approximate surface area is 63.8 Å². The second-order valence-electron chi connectivity index (χ2n) is 1.91. The van der Waals surface area contributed by atoms with E-state index in [1.54, 1.807) is 6.92 Å². The number of halogens is 2. The predicted octanol–water partition coefficient (Wildman–Crippen LogP) is 1.90. The minimum Gasteiger partial charge on any atom is -0.481 e. The van der Waals surface area contributed by atoms with Crippen LogP contribution in [0.1, 0.15) is 13.3 Å². The standard InChI is InChI=1S/C5H8Cl2O2/c1-3(5(6)7)2-4(8)9/h3,5H,2H2,1H3,(H,8,9). The summed E-state index contributed by atoms with van der Waals surface area (Å²) in [6.45, 7) is 1.69. The molecular formula is C5H8Cl2O2. The third-order valence-electron chi connectivity index (χ3n) is 0.927. The molecule has 0 aliphatic rings. The van der Waals surface area contributed by atoms with Gasteiger partial charge in [-0.2, -0.15) is 0 Å². The van der Waals surface area contributed by atoms with Crippen molar-refractivity contribution >= 4 is 29.2 Å². The van der Waals surface area contributed by atoms with E-state index >= 15 is 0 Å². The van der Waals surface area contributed by atoms with Gasteiger partial charge in [0.1, 0.15) is 4.84 Å². The summed E-state index contributed by atoms with van der Waals surface area (Å²) in [6, 6.07) is 0. The van der Waals surface area contributed by atoms with E-state index in [0.29, 0.717) is 0 Å². The van der Waals surface area contributed by atoms with Crippen LogP contribution in [0, 0.1) is 5.92 Å². The maximum Gasteiger partial charge on any atom is 0.303 e. The second-order valence-corrected chi connectivity index (χ2v) is 3.07. The maximum absolute atomic E-state index is 10.00. The number of carbonyl (C=O) groups is 1. The zero-order chi connectivity index (χ0) is 7.44. The number of hydrogen-bond acceptors (Lipinski definition) is 1. The fourth-order valence-corrected chi connectivity index (χ4v) is 0.543. The number of aliphatic carboxylic acids is 1. The van der Waals surface area contributed by atoms with Gasteiger partial charge in [0.05, 0.1) is 6.42 Å². The van der Waals surface area contributed by atoms with Gasteiger partial charge in [-0.3, -0.25) is 4.79 Å². The first-order valence-electron chi connectivity index (χ1n) is 2.54. The molecule has 9 heavy (non-hydrogen) atoms. The molecule has 0 saturated carbocycles. The Morgan fingerprint density at radius 1 is 1.67 bits per heavy atom. The van der Waals surface area contributed by atoms with Gasteiger partial charge in [0.15, 0.2) is 0 Å². The van der Waals surface area contributed by atoms with Gasteiger partial charge < -0.3 is 5.11 Å². The minimum atomic E-state index is -0.867. The fraction of sp³-hybridized carbons (Fsp3) is 0.800. The van der Waals surface area contributed by atoms with Crippen LogP contribution < -0.4 is 0 Å². The quantitative estimate of drug-likeness (QED) is 0.658. The molecule has 4 heteroatoms. The van der Waals surface area contributed by atoms with Crippen molar-refractivity contribution in [3.63, 3.8) is 0 Å². The van der Waals surface area contributed by atoms with Crippen molar-refractivity contribution in [1.82, 2.24) is 0 Å². The molecule has 0 amide bonds. The van der Waals surface area contributed by atoms with Crippen LogP contribution in [0.5, 0.6) is 0 Å². The summed E-state index contributed by atoms with van der Waals surface area (Å²) < 4.78 is 0. The average Bonchev–Trinajstić information content (AvgIpc) is 1.63. The molecule has 1 unspecified atom stereocenters. The molecule has 0 bridgehead atoms. The van der Waals surface area contributed by atoms with Crippen molar-refractivity contribution in [3.8, 4) is 0 Å². The molecule has 1 N–H and O–H groups in total. The third-order valence-corrected chi connectivity index (χ3v) is 1.79. The molecule has 0 aromatic rings. The lowest BCUT2D eigenvalue weighted by molar-refractivity contribution is -0.137. The molecule has 54 valence electrons. The molecule has 0 heterocycles. The highest BCUT2D eigenvalue weighted by molar-refractivity contribution is 6.44. The minimum absolute atomic E-state index is 0.0255. The first-order valence-corrected chi connectivity index (χ1v) is 3.41. The largest absolute Gasteiger partial charge is 0.481 e. The maximum atomic E-state index is 10.00. The van der Waals surface area contributed by atoms with Crippen LogP contribution >= 0.6 is 23.2 Å². The first-order chi connectivity index (χ1) is 4.04. The molecule has 0 radical (unpaired) electrons. The van der Waals surface area contributed by atoms with Crippen molar-refractivity contribution in [3.05, 3.63) is 0 Å². The third kappa shape index (κ3) is 4.55. The number of hydrogen-bond donors (Lipinski definition) is 1. The normalized spacial score (nSPS) is 13.8. The zero-order valence-corrected chi connectivity index (χ0v) is 6.49. The highest BCUT2D eigenvalue weighted by Crippen LogP contribution is 2.17. The molecular weight excluding hydrogens is 163 g/mol. The van der Waals surface area contributed by atoms with Gasteiger partial charge in [0.2, 0.25) is 0 Å². The molecule has 2 nitrogen and oxygen atoms in total. The Hall–Kier alpha value is 0.0500. The highest BCUT2D eigenvalue weighted by Gasteiger charge is 2.13. The van der Waals surface area contributed by atoms with Crippen LogP contribution in [0.4, 0.5) is 0 Å². The predicted molar refractivity (Wildman–Crippen MR) is 36.9 cm³/mol. The molecule has 0 aliphatic carbocycles. The summed E-state index contributed by atoms with van der Waals surface area (Å²) >= 11 is 10.7. The SMILES string of the molecule is CC(CC(=O)O)C(Cl)Cl. The molecule has 0 saturated heterocycles. The summed E-state index contributed by atoms with van der Waals surface area (Å²) in [5.74, 6) is -1.04. The van der Waals surface area contributed by atoms with E-state index in [-0.39, 0.29) is 12.3 Å². The monoisotopic (exact) mass is 170 g/mol.